The Morgan fingerprint density at radius 2 is 1.96 bits per heavy atom. The van der Waals surface area contributed by atoms with E-state index in [1.807, 2.05) is 15.6 Å². The molecular formula is C20H34ClN5O2. The summed E-state index contributed by atoms with van der Waals surface area (Å²) in [5.41, 5.74) is 7.00. The van der Waals surface area contributed by atoms with Gasteiger partial charge in [-0.05, 0) is 58.9 Å². The summed E-state index contributed by atoms with van der Waals surface area (Å²) in [6.07, 6.45) is 5.65. The Morgan fingerprint density at radius 3 is 2.57 bits per heavy atom. The van der Waals surface area contributed by atoms with Crippen molar-refractivity contribution in [3.63, 3.8) is 0 Å². The van der Waals surface area contributed by atoms with Crippen LogP contribution in [0.4, 0.5) is 0 Å². The number of carbonyl (C=O) groups is 2. The number of carbonyl (C=O) groups excluding carboxylic acids is 2. The molecule has 1 aliphatic heterocycles. The average molecular weight is 412 g/mol. The van der Waals surface area contributed by atoms with Crippen LogP contribution in [-0.4, -0.2) is 52.2 Å². The van der Waals surface area contributed by atoms with E-state index in [1.165, 1.54) is 18.5 Å². The monoisotopic (exact) mass is 411 g/mol. The highest BCUT2D eigenvalue weighted by Gasteiger charge is 2.35. The summed E-state index contributed by atoms with van der Waals surface area (Å²) in [5, 5.41) is 7.62. The number of aromatic nitrogens is 2. The Hall–Kier alpha value is -1.60. The average Bonchev–Trinajstić information content (AvgIpc) is 3.37. The van der Waals surface area contributed by atoms with Gasteiger partial charge < -0.3 is 16.0 Å². The summed E-state index contributed by atoms with van der Waals surface area (Å²) < 4.78 is 2.03. The number of hydrogen-bond acceptors (Lipinski definition) is 4. The predicted octanol–water partition coefficient (Wildman–Crippen LogP) is 2.40. The van der Waals surface area contributed by atoms with Crippen molar-refractivity contribution >= 4 is 24.2 Å². The van der Waals surface area contributed by atoms with Crippen LogP contribution in [-0.2, 0) is 10.3 Å². The van der Waals surface area contributed by atoms with E-state index in [0.717, 1.165) is 25.8 Å². The van der Waals surface area contributed by atoms with Crippen molar-refractivity contribution in [1.29, 1.82) is 0 Å². The molecule has 8 heteroatoms. The van der Waals surface area contributed by atoms with Crippen molar-refractivity contribution in [2.24, 2.45) is 5.73 Å². The maximum absolute atomic E-state index is 13.2. The molecule has 1 saturated carbocycles. The normalized spacial score (nSPS) is 19.9. The summed E-state index contributed by atoms with van der Waals surface area (Å²) in [7, 11) is 0. The van der Waals surface area contributed by atoms with E-state index in [9.17, 15) is 9.59 Å². The van der Waals surface area contributed by atoms with Crippen molar-refractivity contribution in [2.75, 3.05) is 19.6 Å². The summed E-state index contributed by atoms with van der Waals surface area (Å²) in [4.78, 5) is 26.9. The number of amides is 2. The van der Waals surface area contributed by atoms with E-state index in [1.54, 1.807) is 0 Å². The van der Waals surface area contributed by atoms with Crippen LogP contribution in [0.25, 0.3) is 0 Å². The third-order valence-corrected chi connectivity index (χ3v) is 5.38. The fourth-order valence-electron chi connectivity index (χ4n) is 3.79. The van der Waals surface area contributed by atoms with Crippen LogP contribution in [0.2, 0.25) is 0 Å². The molecule has 0 radical (unpaired) electrons. The molecule has 1 aromatic heterocycles. The van der Waals surface area contributed by atoms with Crippen molar-refractivity contribution in [1.82, 2.24) is 20.0 Å². The predicted molar refractivity (Wildman–Crippen MR) is 112 cm³/mol. The second kappa shape index (κ2) is 9.27. The molecule has 0 spiro atoms. The zero-order valence-electron chi connectivity index (χ0n) is 17.2. The summed E-state index contributed by atoms with van der Waals surface area (Å²) in [6.45, 7) is 7.91. The molecule has 1 aliphatic carbocycles. The lowest BCUT2D eigenvalue weighted by atomic mass is 10.0. The number of nitrogens with two attached hydrogens (primary N) is 1. The fraction of sp³-hybridized carbons (Fsp3) is 0.750. The molecule has 1 atom stereocenters. The van der Waals surface area contributed by atoms with Crippen LogP contribution < -0.4 is 11.1 Å². The topological polar surface area (TPSA) is 93.2 Å². The van der Waals surface area contributed by atoms with Gasteiger partial charge in [-0.3, -0.25) is 14.3 Å². The van der Waals surface area contributed by atoms with Crippen LogP contribution in [0.15, 0.2) is 6.07 Å². The fourth-order valence-corrected chi connectivity index (χ4v) is 3.79. The molecule has 1 saturated heterocycles. The minimum atomic E-state index is -0.145. The van der Waals surface area contributed by atoms with Gasteiger partial charge in [0.25, 0.3) is 5.91 Å². The number of halogens is 1. The van der Waals surface area contributed by atoms with Gasteiger partial charge in [0, 0.05) is 43.7 Å². The SMILES string of the molecule is CC(C)(C)n1nc(C(=O)N2CCCCC2CNC(=O)CCN)cc1C1CC1.Cl. The van der Waals surface area contributed by atoms with Crippen LogP contribution in [0.1, 0.15) is 81.4 Å². The summed E-state index contributed by atoms with van der Waals surface area (Å²) >= 11 is 0. The van der Waals surface area contributed by atoms with Crippen molar-refractivity contribution in [2.45, 2.75) is 76.8 Å². The lowest BCUT2D eigenvalue weighted by Crippen LogP contribution is -2.49. The first kappa shape index (κ1) is 22.7. The first-order valence-electron chi connectivity index (χ1n) is 10.2. The van der Waals surface area contributed by atoms with Gasteiger partial charge in [-0.1, -0.05) is 0 Å². The van der Waals surface area contributed by atoms with E-state index in [-0.39, 0.29) is 35.8 Å². The highest BCUT2D eigenvalue weighted by atomic mass is 35.5. The van der Waals surface area contributed by atoms with Crippen LogP contribution in [0.3, 0.4) is 0 Å². The molecule has 2 heterocycles. The molecule has 2 fully saturated rings. The zero-order valence-corrected chi connectivity index (χ0v) is 18.1. The molecule has 28 heavy (non-hydrogen) atoms. The number of hydrogen-bond donors (Lipinski definition) is 2. The molecular weight excluding hydrogens is 378 g/mol. The van der Waals surface area contributed by atoms with Crippen LogP contribution in [0.5, 0.6) is 0 Å². The van der Waals surface area contributed by atoms with Crippen LogP contribution >= 0.6 is 12.4 Å². The molecule has 0 aromatic carbocycles. The van der Waals surface area contributed by atoms with Gasteiger partial charge in [-0.15, -0.1) is 12.4 Å². The molecule has 7 nitrogen and oxygen atoms in total. The van der Waals surface area contributed by atoms with Gasteiger partial charge in [0.05, 0.1) is 5.54 Å². The molecule has 2 aliphatic rings. The van der Waals surface area contributed by atoms with Gasteiger partial charge in [-0.25, -0.2) is 0 Å². The zero-order chi connectivity index (χ0) is 19.6. The van der Waals surface area contributed by atoms with Crippen LogP contribution in [0, 0.1) is 0 Å². The smallest absolute Gasteiger partial charge is 0.274 e. The Morgan fingerprint density at radius 1 is 1.25 bits per heavy atom. The first-order valence-corrected chi connectivity index (χ1v) is 10.2. The number of nitrogens with zero attached hydrogens (tertiary/aromatic N) is 3. The molecule has 3 rings (SSSR count). The van der Waals surface area contributed by atoms with Gasteiger partial charge >= 0.3 is 0 Å². The third-order valence-electron chi connectivity index (χ3n) is 5.38. The van der Waals surface area contributed by atoms with Gasteiger partial charge in [-0.2, -0.15) is 5.10 Å². The minimum Gasteiger partial charge on any atom is -0.354 e. The Kier molecular flexibility index (Phi) is 7.51. The van der Waals surface area contributed by atoms with Gasteiger partial charge in [0.15, 0.2) is 5.69 Å². The molecule has 2 amide bonds. The Balaban J connectivity index is 0.00000280. The quantitative estimate of drug-likeness (QED) is 0.751. The standard InChI is InChI=1S/C20H33N5O2.ClH/c1-20(2,3)25-17(14-7-8-14)12-16(23-25)19(27)24-11-5-4-6-15(24)13-22-18(26)9-10-21;/h12,14-15H,4-11,13,21H2,1-3H3,(H,22,26);1H. The maximum atomic E-state index is 13.2. The van der Waals surface area contributed by atoms with E-state index < -0.39 is 0 Å². The largest absolute Gasteiger partial charge is 0.354 e. The number of nitrogens with one attached hydrogen (secondary N) is 1. The van der Waals surface area contributed by atoms with E-state index >= 15 is 0 Å². The first-order chi connectivity index (χ1) is 12.8. The highest BCUT2D eigenvalue weighted by Crippen LogP contribution is 2.42. The Bertz CT molecular complexity index is 693. The van der Waals surface area contributed by atoms with Crippen molar-refractivity contribution < 1.29 is 9.59 Å². The van der Waals surface area contributed by atoms with Gasteiger partial charge in [0.2, 0.25) is 5.91 Å². The molecule has 1 unspecified atom stereocenters. The second-order valence-electron chi connectivity index (χ2n) is 8.80. The number of likely N-dealkylation sites (tertiary alicyclic amines) is 1. The van der Waals surface area contributed by atoms with Crippen molar-refractivity contribution in [3.8, 4) is 0 Å². The molecule has 3 N–H and O–H groups in total. The summed E-state index contributed by atoms with van der Waals surface area (Å²) in [6, 6.07) is 2.02. The van der Waals surface area contributed by atoms with E-state index in [2.05, 4.69) is 26.1 Å². The number of rotatable bonds is 6. The minimum absolute atomic E-state index is 0. The van der Waals surface area contributed by atoms with E-state index in [0.29, 0.717) is 31.1 Å². The lowest BCUT2D eigenvalue weighted by Gasteiger charge is -2.35. The molecule has 158 valence electrons. The molecule has 0 bridgehead atoms. The molecule has 1 aromatic rings. The number of piperidine rings is 1. The third kappa shape index (κ3) is 5.26. The second-order valence-corrected chi connectivity index (χ2v) is 8.80. The maximum Gasteiger partial charge on any atom is 0.274 e. The van der Waals surface area contributed by atoms with E-state index in [4.69, 9.17) is 10.8 Å². The lowest BCUT2D eigenvalue weighted by molar-refractivity contribution is -0.121. The Labute approximate surface area is 173 Å². The highest BCUT2D eigenvalue weighted by molar-refractivity contribution is 5.93. The van der Waals surface area contributed by atoms with Gasteiger partial charge in [0.1, 0.15) is 0 Å². The van der Waals surface area contributed by atoms with Crippen molar-refractivity contribution in [3.05, 3.63) is 17.5 Å². The summed E-state index contributed by atoms with van der Waals surface area (Å²) in [5.74, 6) is 0.465.